The molecule has 0 bridgehead atoms. The minimum Gasteiger partial charge on any atom is -0.461 e. The van der Waals surface area contributed by atoms with E-state index in [1.165, 1.54) is 0 Å². The Bertz CT molecular complexity index is 611. The molecular formula is C13H11N3O. The predicted molar refractivity (Wildman–Crippen MR) is 66.1 cm³/mol. The Labute approximate surface area is 98.1 Å². The van der Waals surface area contributed by atoms with Crippen LogP contribution in [0.25, 0.3) is 22.8 Å². The highest BCUT2D eigenvalue weighted by Crippen LogP contribution is 2.27. The number of hydrogen-bond acceptors (Lipinski definition) is 3. The predicted octanol–water partition coefficient (Wildman–Crippen LogP) is 2.92. The molecule has 2 heterocycles. The van der Waals surface area contributed by atoms with Gasteiger partial charge in [-0.25, -0.2) is 4.98 Å². The summed E-state index contributed by atoms with van der Waals surface area (Å²) in [6.07, 6.45) is 1.61. The van der Waals surface area contributed by atoms with Crippen LogP contribution < -0.4 is 5.73 Å². The maximum Gasteiger partial charge on any atom is 0.176 e. The van der Waals surface area contributed by atoms with Crippen LogP contribution in [-0.4, -0.2) is 9.97 Å². The number of H-pyrrole nitrogens is 1. The summed E-state index contributed by atoms with van der Waals surface area (Å²) in [5.41, 5.74) is 7.72. The van der Waals surface area contributed by atoms with Crippen molar-refractivity contribution >= 4 is 5.82 Å². The van der Waals surface area contributed by atoms with E-state index in [1.807, 2.05) is 42.5 Å². The van der Waals surface area contributed by atoms with Crippen molar-refractivity contribution in [1.29, 1.82) is 0 Å². The number of aromatic nitrogens is 2. The summed E-state index contributed by atoms with van der Waals surface area (Å²) in [7, 11) is 0. The van der Waals surface area contributed by atoms with E-state index >= 15 is 0 Å². The summed E-state index contributed by atoms with van der Waals surface area (Å²) >= 11 is 0. The van der Waals surface area contributed by atoms with E-state index in [1.54, 1.807) is 6.26 Å². The number of imidazole rings is 1. The molecule has 0 aliphatic heterocycles. The Morgan fingerprint density at radius 1 is 1.06 bits per heavy atom. The number of nitrogen functional groups attached to an aromatic ring is 1. The number of nitrogens with two attached hydrogens (primary N) is 1. The van der Waals surface area contributed by atoms with E-state index in [4.69, 9.17) is 10.2 Å². The van der Waals surface area contributed by atoms with E-state index in [0.717, 1.165) is 11.3 Å². The Morgan fingerprint density at radius 3 is 2.59 bits per heavy atom. The number of anilines is 1. The van der Waals surface area contributed by atoms with Crippen LogP contribution in [0.5, 0.6) is 0 Å². The lowest BCUT2D eigenvalue weighted by molar-refractivity contribution is 0.578. The summed E-state index contributed by atoms with van der Waals surface area (Å²) < 4.78 is 5.27. The quantitative estimate of drug-likeness (QED) is 0.704. The average molecular weight is 225 g/mol. The molecule has 2 aromatic heterocycles. The summed E-state index contributed by atoms with van der Waals surface area (Å²) in [5, 5.41) is 0. The van der Waals surface area contributed by atoms with Gasteiger partial charge < -0.3 is 15.1 Å². The van der Waals surface area contributed by atoms with Gasteiger partial charge in [0.25, 0.3) is 0 Å². The lowest BCUT2D eigenvalue weighted by Crippen LogP contribution is -1.87. The fraction of sp³-hybridized carbons (Fsp3) is 0. The molecule has 84 valence electrons. The Kier molecular flexibility index (Phi) is 2.19. The number of nitrogens with one attached hydrogen (secondary N) is 1. The highest BCUT2D eigenvalue weighted by Gasteiger charge is 2.11. The van der Waals surface area contributed by atoms with Crippen LogP contribution in [-0.2, 0) is 0 Å². The molecule has 0 saturated carbocycles. The van der Waals surface area contributed by atoms with Gasteiger partial charge in [0.15, 0.2) is 11.6 Å². The molecule has 4 nitrogen and oxygen atoms in total. The summed E-state index contributed by atoms with van der Waals surface area (Å²) in [4.78, 5) is 7.43. The van der Waals surface area contributed by atoms with Crippen molar-refractivity contribution in [3.05, 3.63) is 48.7 Å². The third-order valence-corrected chi connectivity index (χ3v) is 2.55. The molecule has 0 aliphatic carbocycles. The molecule has 3 rings (SSSR count). The van der Waals surface area contributed by atoms with Gasteiger partial charge in [0.2, 0.25) is 0 Å². The van der Waals surface area contributed by atoms with Gasteiger partial charge in [-0.05, 0) is 12.1 Å². The van der Waals surface area contributed by atoms with E-state index in [2.05, 4.69) is 9.97 Å². The van der Waals surface area contributed by atoms with Crippen molar-refractivity contribution in [2.24, 2.45) is 0 Å². The summed E-state index contributed by atoms with van der Waals surface area (Å²) in [6, 6.07) is 13.5. The Balaban J connectivity index is 2.08. The molecule has 0 atom stereocenters. The molecule has 0 unspecified atom stereocenters. The van der Waals surface area contributed by atoms with Gasteiger partial charge in [0, 0.05) is 5.56 Å². The molecule has 3 N–H and O–H groups in total. The molecule has 3 aromatic rings. The first-order valence-corrected chi connectivity index (χ1v) is 5.29. The van der Waals surface area contributed by atoms with Crippen LogP contribution in [0.2, 0.25) is 0 Å². The van der Waals surface area contributed by atoms with Gasteiger partial charge in [0.1, 0.15) is 5.82 Å². The fourth-order valence-electron chi connectivity index (χ4n) is 1.74. The van der Waals surface area contributed by atoms with E-state index in [0.29, 0.717) is 17.4 Å². The summed E-state index contributed by atoms with van der Waals surface area (Å²) in [6.45, 7) is 0. The molecule has 0 fully saturated rings. The van der Waals surface area contributed by atoms with Gasteiger partial charge in [-0.2, -0.15) is 0 Å². The van der Waals surface area contributed by atoms with Gasteiger partial charge in [-0.1, -0.05) is 30.3 Å². The molecule has 0 amide bonds. The van der Waals surface area contributed by atoms with Crippen LogP contribution in [0, 0.1) is 0 Å². The van der Waals surface area contributed by atoms with Crippen molar-refractivity contribution in [2.75, 3.05) is 5.73 Å². The van der Waals surface area contributed by atoms with Gasteiger partial charge in [0.05, 0.1) is 12.0 Å². The number of nitrogens with zero attached hydrogens (tertiary/aromatic N) is 1. The lowest BCUT2D eigenvalue weighted by atomic mass is 10.1. The first-order chi connectivity index (χ1) is 8.34. The Morgan fingerprint density at radius 2 is 1.88 bits per heavy atom. The second-order valence-corrected chi connectivity index (χ2v) is 3.69. The monoisotopic (exact) mass is 225 g/mol. The van der Waals surface area contributed by atoms with E-state index < -0.39 is 0 Å². The van der Waals surface area contributed by atoms with Crippen molar-refractivity contribution < 1.29 is 4.42 Å². The van der Waals surface area contributed by atoms with Gasteiger partial charge >= 0.3 is 0 Å². The van der Waals surface area contributed by atoms with E-state index in [9.17, 15) is 0 Å². The Hall–Kier alpha value is -2.49. The third-order valence-electron chi connectivity index (χ3n) is 2.55. The largest absolute Gasteiger partial charge is 0.461 e. The minimum absolute atomic E-state index is 0.475. The maximum absolute atomic E-state index is 5.90. The van der Waals surface area contributed by atoms with Crippen LogP contribution in [0.1, 0.15) is 0 Å². The smallest absolute Gasteiger partial charge is 0.176 e. The average Bonchev–Trinajstić information content (AvgIpc) is 2.99. The SMILES string of the molecule is Nc1nc(-c2ccco2)[nH]c1-c1ccccc1. The number of hydrogen-bond donors (Lipinski definition) is 2. The van der Waals surface area contributed by atoms with Crippen LogP contribution in [0.3, 0.4) is 0 Å². The third kappa shape index (κ3) is 1.69. The molecule has 1 aromatic carbocycles. The highest BCUT2D eigenvalue weighted by molar-refractivity contribution is 5.73. The van der Waals surface area contributed by atoms with Crippen molar-refractivity contribution in [3.63, 3.8) is 0 Å². The number of benzene rings is 1. The number of aromatic amines is 1. The molecule has 0 spiro atoms. The highest BCUT2D eigenvalue weighted by atomic mass is 16.3. The molecule has 0 radical (unpaired) electrons. The van der Waals surface area contributed by atoms with Crippen molar-refractivity contribution in [3.8, 4) is 22.8 Å². The fourth-order valence-corrected chi connectivity index (χ4v) is 1.74. The molecule has 4 heteroatoms. The van der Waals surface area contributed by atoms with Crippen LogP contribution in [0.15, 0.2) is 53.1 Å². The van der Waals surface area contributed by atoms with Gasteiger partial charge in [-0.3, -0.25) is 0 Å². The minimum atomic E-state index is 0.475. The zero-order chi connectivity index (χ0) is 11.7. The first kappa shape index (κ1) is 9.72. The van der Waals surface area contributed by atoms with Gasteiger partial charge in [-0.15, -0.1) is 0 Å². The van der Waals surface area contributed by atoms with E-state index in [-0.39, 0.29) is 0 Å². The molecule has 0 saturated heterocycles. The van der Waals surface area contributed by atoms with Crippen molar-refractivity contribution in [2.45, 2.75) is 0 Å². The number of rotatable bonds is 2. The molecule has 0 aliphatic rings. The molecular weight excluding hydrogens is 214 g/mol. The van der Waals surface area contributed by atoms with Crippen LogP contribution >= 0.6 is 0 Å². The van der Waals surface area contributed by atoms with Crippen LogP contribution in [0.4, 0.5) is 5.82 Å². The first-order valence-electron chi connectivity index (χ1n) is 5.29. The second-order valence-electron chi connectivity index (χ2n) is 3.69. The molecule has 17 heavy (non-hydrogen) atoms. The summed E-state index contributed by atoms with van der Waals surface area (Å²) in [5.74, 6) is 1.80. The lowest BCUT2D eigenvalue weighted by Gasteiger charge is -1.97. The van der Waals surface area contributed by atoms with Crippen molar-refractivity contribution in [1.82, 2.24) is 9.97 Å². The topological polar surface area (TPSA) is 67.8 Å². The zero-order valence-corrected chi connectivity index (χ0v) is 9.05. The standard InChI is InChI=1S/C13H11N3O/c14-12-11(9-5-2-1-3-6-9)15-13(16-12)10-7-4-8-17-10/h1-8H,14H2,(H,15,16). The maximum atomic E-state index is 5.90. The number of furan rings is 1. The second kappa shape index (κ2) is 3.83. The normalized spacial score (nSPS) is 10.6. The zero-order valence-electron chi connectivity index (χ0n) is 9.05.